The minimum Gasteiger partial charge on any atom is -0.493 e. The fraction of sp³-hybridized carbons (Fsp3) is 0.333. The van der Waals surface area contributed by atoms with Gasteiger partial charge in [0.05, 0.1) is 20.4 Å². The van der Waals surface area contributed by atoms with Crippen LogP contribution in [-0.2, 0) is 4.79 Å². The Bertz CT molecular complexity index is 772. The number of carbonyl (C=O) groups is 1. The Labute approximate surface area is 160 Å². The van der Waals surface area contributed by atoms with Gasteiger partial charge in [-0.15, -0.1) is 0 Å². The second-order valence-corrected chi connectivity index (χ2v) is 6.04. The van der Waals surface area contributed by atoms with Crippen LogP contribution in [0.25, 0.3) is 0 Å². The lowest BCUT2D eigenvalue weighted by molar-refractivity contribution is -0.123. The average molecular weight is 370 g/mol. The van der Waals surface area contributed by atoms with Gasteiger partial charge in [0.2, 0.25) is 0 Å². The molecular weight excluding hydrogens is 344 g/mol. The van der Waals surface area contributed by atoms with Gasteiger partial charge in [0.15, 0.2) is 18.1 Å². The van der Waals surface area contributed by atoms with Gasteiger partial charge in [-0.3, -0.25) is 4.79 Å². The number of hydrazone groups is 1. The first-order valence-corrected chi connectivity index (χ1v) is 8.84. The fourth-order valence-corrected chi connectivity index (χ4v) is 2.50. The molecule has 1 N–H and O–H groups in total. The van der Waals surface area contributed by atoms with Gasteiger partial charge in [-0.2, -0.15) is 5.10 Å². The van der Waals surface area contributed by atoms with Crippen molar-refractivity contribution in [3.63, 3.8) is 0 Å². The minimum absolute atomic E-state index is 0.116. The summed E-state index contributed by atoms with van der Waals surface area (Å²) in [5.74, 6) is 1.95. The third-order valence-electron chi connectivity index (χ3n) is 4.26. The molecular formula is C21H26N2O4. The van der Waals surface area contributed by atoms with E-state index in [4.69, 9.17) is 14.2 Å². The highest BCUT2D eigenvalue weighted by molar-refractivity contribution is 5.86. The number of carbonyl (C=O) groups excluding carboxylic acids is 1. The van der Waals surface area contributed by atoms with Crippen LogP contribution in [0.5, 0.6) is 17.2 Å². The van der Waals surface area contributed by atoms with Crippen molar-refractivity contribution in [2.75, 3.05) is 20.8 Å². The molecule has 0 spiro atoms. The molecule has 6 heteroatoms. The molecule has 2 aromatic carbocycles. The van der Waals surface area contributed by atoms with Crippen LogP contribution in [0.3, 0.4) is 0 Å². The molecule has 6 nitrogen and oxygen atoms in total. The number of amides is 1. The summed E-state index contributed by atoms with van der Waals surface area (Å²) < 4.78 is 16.0. The first-order valence-electron chi connectivity index (χ1n) is 8.84. The number of nitrogens with one attached hydrogen (secondary N) is 1. The SMILES string of the molecule is CCC(C)c1ccc(OCC(=O)NN=Cc2cccc(OC)c2OC)cc1. The molecule has 27 heavy (non-hydrogen) atoms. The first kappa shape index (κ1) is 20.3. The maximum absolute atomic E-state index is 11.9. The molecule has 0 aliphatic carbocycles. The molecule has 144 valence electrons. The molecule has 0 aromatic heterocycles. The quantitative estimate of drug-likeness (QED) is 0.539. The van der Waals surface area contributed by atoms with E-state index in [-0.39, 0.29) is 12.5 Å². The van der Waals surface area contributed by atoms with E-state index in [2.05, 4.69) is 24.4 Å². The standard InChI is InChI=1S/C21H26N2O4/c1-5-15(2)16-9-11-18(12-10-16)27-14-20(24)23-22-13-17-7-6-8-19(25-3)21(17)26-4/h6-13,15H,5,14H2,1-4H3,(H,23,24). The average Bonchev–Trinajstić information content (AvgIpc) is 2.71. The van der Waals surface area contributed by atoms with Gasteiger partial charge in [0.1, 0.15) is 5.75 Å². The molecule has 1 unspecified atom stereocenters. The lowest BCUT2D eigenvalue weighted by Gasteiger charge is -2.10. The van der Waals surface area contributed by atoms with E-state index in [1.165, 1.54) is 11.8 Å². The summed E-state index contributed by atoms with van der Waals surface area (Å²) in [4.78, 5) is 11.9. The van der Waals surface area contributed by atoms with Gasteiger partial charge in [0.25, 0.3) is 5.91 Å². The van der Waals surface area contributed by atoms with Gasteiger partial charge in [-0.05, 0) is 42.2 Å². The number of rotatable bonds is 9. The molecule has 0 aliphatic heterocycles. The maximum Gasteiger partial charge on any atom is 0.277 e. The Morgan fingerprint density at radius 1 is 1.15 bits per heavy atom. The largest absolute Gasteiger partial charge is 0.493 e. The van der Waals surface area contributed by atoms with Gasteiger partial charge < -0.3 is 14.2 Å². The third kappa shape index (κ3) is 5.74. The van der Waals surface area contributed by atoms with Crippen molar-refractivity contribution in [2.45, 2.75) is 26.2 Å². The van der Waals surface area contributed by atoms with E-state index in [0.29, 0.717) is 28.7 Å². The number of methoxy groups -OCH3 is 2. The predicted octanol–water partition coefficient (Wildman–Crippen LogP) is 3.75. The molecule has 2 aromatic rings. The monoisotopic (exact) mass is 370 g/mol. The topological polar surface area (TPSA) is 69.2 Å². The van der Waals surface area contributed by atoms with Gasteiger partial charge in [-0.1, -0.05) is 32.0 Å². The Kier molecular flexibility index (Phi) is 7.67. The van der Waals surface area contributed by atoms with Crippen molar-refractivity contribution in [3.8, 4) is 17.2 Å². The Balaban J connectivity index is 1.87. The number of benzene rings is 2. The second-order valence-electron chi connectivity index (χ2n) is 6.04. The van der Waals surface area contributed by atoms with E-state index < -0.39 is 0 Å². The fourth-order valence-electron chi connectivity index (χ4n) is 2.50. The number of hydrogen-bond acceptors (Lipinski definition) is 5. The molecule has 0 aliphatic rings. The van der Waals surface area contributed by atoms with Crippen LogP contribution in [0, 0.1) is 0 Å². The van der Waals surface area contributed by atoms with Crippen LogP contribution < -0.4 is 19.6 Å². The lowest BCUT2D eigenvalue weighted by atomic mass is 9.99. The van der Waals surface area contributed by atoms with Gasteiger partial charge in [-0.25, -0.2) is 5.43 Å². The highest BCUT2D eigenvalue weighted by atomic mass is 16.5. The van der Waals surface area contributed by atoms with Crippen LogP contribution in [0.4, 0.5) is 0 Å². The van der Waals surface area contributed by atoms with E-state index in [0.717, 1.165) is 6.42 Å². The molecule has 1 atom stereocenters. The van der Waals surface area contributed by atoms with E-state index in [1.54, 1.807) is 20.3 Å². The summed E-state index contributed by atoms with van der Waals surface area (Å²) >= 11 is 0. The van der Waals surface area contributed by atoms with Crippen LogP contribution in [0.15, 0.2) is 47.6 Å². The van der Waals surface area contributed by atoms with Crippen molar-refractivity contribution in [1.82, 2.24) is 5.43 Å². The van der Waals surface area contributed by atoms with Crippen LogP contribution >= 0.6 is 0 Å². The van der Waals surface area contributed by atoms with E-state index in [9.17, 15) is 4.79 Å². The van der Waals surface area contributed by atoms with Crippen molar-refractivity contribution in [3.05, 3.63) is 53.6 Å². The van der Waals surface area contributed by atoms with E-state index >= 15 is 0 Å². The number of hydrogen-bond donors (Lipinski definition) is 1. The number of nitrogens with zero attached hydrogens (tertiary/aromatic N) is 1. The van der Waals surface area contributed by atoms with Crippen molar-refractivity contribution < 1.29 is 19.0 Å². The van der Waals surface area contributed by atoms with Crippen LogP contribution in [0.1, 0.15) is 37.3 Å². The summed E-state index contributed by atoms with van der Waals surface area (Å²) in [6.45, 7) is 4.22. The first-order chi connectivity index (χ1) is 13.1. The van der Waals surface area contributed by atoms with Crippen LogP contribution in [0.2, 0.25) is 0 Å². The molecule has 0 saturated heterocycles. The number of para-hydroxylation sites is 1. The molecule has 0 bridgehead atoms. The molecule has 0 heterocycles. The Hall–Kier alpha value is -3.02. The van der Waals surface area contributed by atoms with Crippen molar-refractivity contribution >= 4 is 12.1 Å². The molecule has 1 amide bonds. The predicted molar refractivity (Wildman–Crippen MR) is 106 cm³/mol. The smallest absolute Gasteiger partial charge is 0.277 e. The summed E-state index contributed by atoms with van der Waals surface area (Å²) in [5, 5.41) is 3.95. The van der Waals surface area contributed by atoms with Crippen molar-refractivity contribution in [2.24, 2.45) is 5.10 Å². The lowest BCUT2D eigenvalue weighted by Crippen LogP contribution is -2.24. The second kappa shape index (κ2) is 10.2. The molecule has 0 saturated carbocycles. The zero-order valence-corrected chi connectivity index (χ0v) is 16.2. The zero-order valence-electron chi connectivity index (χ0n) is 16.2. The van der Waals surface area contributed by atoms with Gasteiger partial charge in [0, 0.05) is 5.56 Å². The highest BCUT2D eigenvalue weighted by Gasteiger charge is 2.08. The maximum atomic E-state index is 11.9. The van der Waals surface area contributed by atoms with Crippen molar-refractivity contribution in [1.29, 1.82) is 0 Å². The summed E-state index contributed by atoms with van der Waals surface area (Å²) in [5.41, 5.74) is 4.39. The summed E-state index contributed by atoms with van der Waals surface area (Å²) in [7, 11) is 3.11. The normalized spacial score (nSPS) is 11.9. The minimum atomic E-state index is -0.348. The molecule has 2 rings (SSSR count). The molecule has 0 fully saturated rings. The zero-order chi connectivity index (χ0) is 19.6. The summed E-state index contributed by atoms with van der Waals surface area (Å²) in [6.07, 6.45) is 2.58. The Morgan fingerprint density at radius 3 is 2.52 bits per heavy atom. The van der Waals surface area contributed by atoms with Crippen LogP contribution in [-0.4, -0.2) is 32.9 Å². The van der Waals surface area contributed by atoms with E-state index in [1.807, 2.05) is 36.4 Å². The Morgan fingerprint density at radius 2 is 1.89 bits per heavy atom. The highest BCUT2D eigenvalue weighted by Crippen LogP contribution is 2.29. The summed E-state index contributed by atoms with van der Waals surface area (Å²) in [6, 6.07) is 13.2. The van der Waals surface area contributed by atoms with Gasteiger partial charge >= 0.3 is 0 Å². The third-order valence-corrected chi connectivity index (χ3v) is 4.26. The molecule has 0 radical (unpaired) electrons. The number of ether oxygens (including phenoxy) is 3.